The van der Waals surface area contributed by atoms with Crippen molar-refractivity contribution in [1.82, 2.24) is 4.98 Å². The lowest BCUT2D eigenvalue weighted by Crippen LogP contribution is -2.04. The molecule has 0 amide bonds. The van der Waals surface area contributed by atoms with Gasteiger partial charge in [0.25, 0.3) is 0 Å². The molecule has 2 rings (SSSR count). The van der Waals surface area contributed by atoms with E-state index in [9.17, 15) is 9.90 Å². The molecule has 19 heavy (non-hydrogen) atoms. The van der Waals surface area contributed by atoms with Crippen LogP contribution in [0.3, 0.4) is 0 Å². The van der Waals surface area contributed by atoms with Crippen molar-refractivity contribution >= 4 is 5.97 Å². The molecule has 4 heteroatoms. The summed E-state index contributed by atoms with van der Waals surface area (Å²) in [6.07, 6.45) is 1.50. The lowest BCUT2D eigenvalue weighted by Gasteiger charge is -2.05. The summed E-state index contributed by atoms with van der Waals surface area (Å²) in [6, 6.07) is 8.71. The summed E-state index contributed by atoms with van der Waals surface area (Å²) in [4.78, 5) is 15.7. The van der Waals surface area contributed by atoms with Crippen molar-refractivity contribution in [1.29, 1.82) is 0 Å². The highest BCUT2D eigenvalue weighted by molar-refractivity contribution is 5.89. The van der Waals surface area contributed by atoms with E-state index in [0.717, 1.165) is 16.8 Å². The number of phenolic OH excluding ortho intramolecular Hbond substituents is 1. The third kappa shape index (κ3) is 2.91. The lowest BCUT2D eigenvalue weighted by atomic mass is 10.1. The Morgan fingerprint density at radius 3 is 2.68 bits per heavy atom. The highest BCUT2D eigenvalue weighted by atomic mass is 16.5. The monoisotopic (exact) mass is 257 g/mol. The Balaban J connectivity index is 2.27. The molecule has 4 nitrogen and oxygen atoms in total. The number of carbonyl (C=O) groups excluding carboxylic acids is 1. The van der Waals surface area contributed by atoms with E-state index in [-0.39, 0.29) is 11.7 Å². The predicted octanol–water partition coefficient (Wildman–Crippen LogP) is 2.94. The average molecular weight is 257 g/mol. The maximum atomic E-state index is 11.5. The first kappa shape index (κ1) is 13.1. The zero-order valence-electron chi connectivity index (χ0n) is 10.9. The van der Waals surface area contributed by atoms with Gasteiger partial charge in [0.2, 0.25) is 0 Å². The molecular formula is C15H15NO3. The molecule has 0 unspecified atom stereocenters. The van der Waals surface area contributed by atoms with Gasteiger partial charge in [-0.25, -0.2) is 4.79 Å². The molecule has 0 spiro atoms. The molecule has 1 aromatic carbocycles. The normalized spacial score (nSPS) is 10.2. The van der Waals surface area contributed by atoms with E-state index in [2.05, 4.69) is 4.98 Å². The summed E-state index contributed by atoms with van der Waals surface area (Å²) >= 11 is 0. The number of aryl methyl sites for hydroxylation is 1. The summed E-state index contributed by atoms with van der Waals surface area (Å²) < 4.78 is 4.90. The number of aromatic hydroxyl groups is 1. The zero-order valence-corrected chi connectivity index (χ0v) is 10.9. The molecule has 98 valence electrons. The molecule has 0 bridgehead atoms. The van der Waals surface area contributed by atoms with Crippen LogP contribution in [0, 0.1) is 6.92 Å². The number of nitrogens with zero attached hydrogens (tertiary/aromatic N) is 1. The quantitative estimate of drug-likeness (QED) is 0.859. The summed E-state index contributed by atoms with van der Waals surface area (Å²) in [5.41, 5.74) is 2.86. The van der Waals surface area contributed by atoms with Crippen molar-refractivity contribution in [2.24, 2.45) is 0 Å². The molecular weight excluding hydrogens is 242 g/mol. The second-order valence-corrected chi connectivity index (χ2v) is 4.15. The van der Waals surface area contributed by atoms with Gasteiger partial charge in [-0.05, 0) is 49.7 Å². The number of pyridine rings is 1. The van der Waals surface area contributed by atoms with Gasteiger partial charge in [0, 0.05) is 11.8 Å². The van der Waals surface area contributed by atoms with Crippen LogP contribution in [0.1, 0.15) is 22.8 Å². The number of carbonyl (C=O) groups is 1. The smallest absolute Gasteiger partial charge is 0.339 e. The topological polar surface area (TPSA) is 59.4 Å². The van der Waals surface area contributed by atoms with Gasteiger partial charge in [0.1, 0.15) is 5.75 Å². The van der Waals surface area contributed by atoms with Gasteiger partial charge in [0.15, 0.2) is 0 Å². The van der Waals surface area contributed by atoms with Gasteiger partial charge >= 0.3 is 5.97 Å². The van der Waals surface area contributed by atoms with Crippen molar-refractivity contribution in [3.63, 3.8) is 0 Å². The zero-order chi connectivity index (χ0) is 13.8. The van der Waals surface area contributed by atoms with Crippen LogP contribution in [0.25, 0.3) is 11.3 Å². The summed E-state index contributed by atoms with van der Waals surface area (Å²) in [5, 5.41) is 9.48. The Labute approximate surface area is 111 Å². The lowest BCUT2D eigenvalue weighted by molar-refractivity contribution is 0.0526. The number of hydrogen-bond acceptors (Lipinski definition) is 4. The van der Waals surface area contributed by atoms with Crippen molar-refractivity contribution < 1.29 is 14.6 Å². The van der Waals surface area contributed by atoms with Crippen LogP contribution >= 0.6 is 0 Å². The molecule has 0 aliphatic heterocycles. The Hall–Kier alpha value is -2.36. The van der Waals surface area contributed by atoms with E-state index in [1.807, 2.05) is 13.0 Å². The second kappa shape index (κ2) is 5.52. The van der Waals surface area contributed by atoms with Crippen LogP contribution in [0.5, 0.6) is 5.75 Å². The summed E-state index contributed by atoms with van der Waals surface area (Å²) in [6.45, 7) is 3.93. The molecule has 1 heterocycles. The Morgan fingerprint density at radius 1 is 1.32 bits per heavy atom. The number of rotatable bonds is 3. The number of phenols is 1. The molecule has 0 atom stereocenters. The van der Waals surface area contributed by atoms with Gasteiger partial charge in [-0.2, -0.15) is 0 Å². The first-order valence-electron chi connectivity index (χ1n) is 6.05. The Kier molecular flexibility index (Phi) is 3.80. The standard InChI is InChI=1S/C15H15NO3/c1-3-19-15(18)12-4-6-13(16-9-12)11-5-7-14(17)10(2)8-11/h4-9,17H,3H2,1-2H3. The van der Waals surface area contributed by atoms with Crippen molar-refractivity contribution in [2.45, 2.75) is 13.8 Å². The highest BCUT2D eigenvalue weighted by Crippen LogP contribution is 2.24. The minimum atomic E-state index is -0.372. The third-order valence-electron chi connectivity index (χ3n) is 2.77. The first-order chi connectivity index (χ1) is 9.11. The fourth-order valence-corrected chi connectivity index (χ4v) is 1.71. The molecule has 2 aromatic rings. The van der Waals surface area contributed by atoms with Crippen LogP contribution in [0.15, 0.2) is 36.5 Å². The maximum Gasteiger partial charge on any atom is 0.339 e. The van der Waals surface area contributed by atoms with Crippen LogP contribution in [0.4, 0.5) is 0 Å². The van der Waals surface area contributed by atoms with Gasteiger partial charge in [-0.1, -0.05) is 0 Å². The van der Waals surface area contributed by atoms with Crippen molar-refractivity contribution in [2.75, 3.05) is 6.61 Å². The predicted molar refractivity (Wildman–Crippen MR) is 72.0 cm³/mol. The van der Waals surface area contributed by atoms with Crippen LogP contribution in [0.2, 0.25) is 0 Å². The molecule has 0 fully saturated rings. The molecule has 0 aliphatic rings. The van der Waals surface area contributed by atoms with E-state index in [0.29, 0.717) is 12.2 Å². The average Bonchev–Trinajstić information content (AvgIpc) is 2.42. The molecule has 0 saturated carbocycles. The second-order valence-electron chi connectivity index (χ2n) is 4.15. The van der Waals surface area contributed by atoms with Crippen LogP contribution < -0.4 is 0 Å². The van der Waals surface area contributed by atoms with Crippen molar-refractivity contribution in [3.8, 4) is 17.0 Å². The molecule has 0 saturated heterocycles. The molecule has 0 aliphatic carbocycles. The first-order valence-corrected chi connectivity index (χ1v) is 6.05. The molecule has 0 radical (unpaired) electrons. The van der Waals surface area contributed by atoms with Gasteiger partial charge in [-0.15, -0.1) is 0 Å². The minimum absolute atomic E-state index is 0.256. The van der Waals surface area contributed by atoms with E-state index in [1.54, 1.807) is 31.2 Å². The van der Waals surface area contributed by atoms with E-state index in [1.165, 1.54) is 6.20 Å². The highest BCUT2D eigenvalue weighted by Gasteiger charge is 2.08. The largest absolute Gasteiger partial charge is 0.508 e. The van der Waals surface area contributed by atoms with Crippen LogP contribution in [-0.4, -0.2) is 22.7 Å². The van der Waals surface area contributed by atoms with Crippen LogP contribution in [-0.2, 0) is 4.74 Å². The fraction of sp³-hybridized carbons (Fsp3) is 0.200. The minimum Gasteiger partial charge on any atom is -0.508 e. The third-order valence-corrected chi connectivity index (χ3v) is 2.77. The number of hydrogen-bond donors (Lipinski definition) is 1. The Morgan fingerprint density at radius 2 is 2.11 bits per heavy atom. The Bertz CT molecular complexity index is 591. The van der Waals surface area contributed by atoms with E-state index >= 15 is 0 Å². The number of benzene rings is 1. The SMILES string of the molecule is CCOC(=O)c1ccc(-c2ccc(O)c(C)c2)nc1. The number of ether oxygens (including phenoxy) is 1. The summed E-state index contributed by atoms with van der Waals surface area (Å²) in [7, 11) is 0. The van der Waals surface area contributed by atoms with E-state index in [4.69, 9.17) is 4.74 Å². The van der Waals surface area contributed by atoms with E-state index < -0.39 is 0 Å². The number of esters is 1. The molecule has 1 N–H and O–H groups in total. The fourth-order valence-electron chi connectivity index (χ4n) is 1.71. The summed E-state index contributed by atoms with van der Waals surface area (Å²) in [5.74, 6) is -0.115. The van der Waals surface area contributed by atoms with Gasteiger partial charge in [0.05, 0.1) is 17.9 Å². The number of aromatic nitrogens is 1. The maximum absolute atomic E-state index is 11.5. The molecule has 1 aromatic heterocycles. The van der Waals surface area contributed by atoms with Crippen molar-refractivity contribution in [3.05, 3.63) is 47.7 Å². The van der Waals surface area contributed by atoms with Gasteiger partial charge in [-0.3, -0.25) is 4.98 Å². The van der Waals surface area contributed by atoms with Gasteiger partial charge < -0.3 is 9.84 Å².